The van der Waals surface area contributed by atoms with Crippen molar-refractivity contribution >= 4 is 21.6 Å². The zero-order valence-corrected chi connectivity index (χ0v) is 21.2. The lowest BCUT2D eigenvalue weighted by atomic mass is 10.1. The molecule has 7 nitrogen and oxygen atoms in total. The number of piperazine rings is 1. The lowest BCUT2D eigenvalue weighted by Crippen LogP contribution is -2.55. The molecule has 1 fully saturated rings. The molecule has 1 aliphatic rings. The maximum absolute atomic E-state index is 14.2. The topological polar surface area (TPSA) is 78.9 Å². The summed E-state index contributed by atoms with van der Waals surface area (Å²) in [7, 11) is -2.46. The maximum Gasteiger partial charge on any atom is 0.241 e. The van der Waals surface area contributed by atoms with Crippen LogP contribution in [0.1, 0.15) is 11.1 Å². The van der Waals surface area contributed by atoms with Gasteiger partial charge in [0.25, 0.3) is 0 Å². The van der Waals surface area contributed by atoms with Crippen molar-refractivity contribution in [2.75, 3.05) is 38.2 Å². The summed E-state index contributed by atoms with van der Waals surface area (Å²) >= 11 is 0. The van der Waals surface area contributed by atoms with Gasteiger partial charge in [0.15, 0.2) is 0 Å². The zero-order valence-electron chi connectivity index (χ0n) is 20.4. The normalized spacial score (nSPS) is 15.0. The monoisotopic (exact) mass is 511 g/mol. The summed E-state index contributed by atoms with van der Waals surface area (Å²) in [5, 5.41) is 0. The Kier molecular flexibility index (Phi) is 7.91. The number of nitrogens with zero attached hydrogens (tertiary/aromatic N) is 2. The molecule has 1 heterocycles. The van der Waals surface area contributed by atoms with Crippen molar-refractivity contribution < 1.29 is 22.3 Å². The smallest absolute Gasteiger partial charge is 0.241 e. The number of nitrogens with one attached hydrogen (secondary N) is 1. The molecule has 0 radical (unpaired) electrons. The van der Waals surface area contributed by atoms with Crippen LogP contribution in [0, 0.1) is 12.7 Å². The third kappa shape index (κ3) is 5.85. The second kappa shape index (κ2) is 11.1. The average Bonchev–Trinajstić information content (AvgIpc) is 2.89. The van der Waals surface area contributed by atoms with Crippen LogP contribution in [0.5, 0.6) is 5.75 Å². The van der Waals surface area contributed by atoms with Crippen molar-refractivity contribution in [2.24, 2.45) is 0 Å². The van der Waals surface area contributed by atoms with Crippen molar-refractivity contribution in [3.05, 3.63) is 89.7 Å². The average molecular weight is 512 g/mol. The first kappa shape index (κ1) is 25.7. The number of aryl methyl sites for hydroxylation is 1. The molecule has 1 N–H and O–H groups in total. The van der Waals surface area contributed by atoms with Gasteiger partial charge in [-0.2, -0.15) is 4.72 Å². The number of para-hydroxylation sites is 1. The number of hydrogen-bond donors (Lipinski definition) is 1. The van der Waals surface area contributed by atoms with Gasteiger partial charge in [0, 0.05) is 26.2 Å². The Morgan fingerprint density at radius 1 is 1.00 bits per heavy atom. The van der Waals surface area contributed by atoms with Crippen LogP contribution in [-0.2, 0) is 21.2 Å². The summed E-state index contributed by atoms with van der Waals surface area (Å²) in [5.74, 6) is -0.0267. The van der Waals surface area contributed by atoms with Crippen LogP contribution in [0.4, 0.5) is 10.1 Å². The highest BCUT2D eigenvalue weighted by atomic mass is 32.2. The second-order valence-electron chi connectivity index (χ2n) is 8.76. The largest absolute Gasteiger partial charge is 0.496 e. The molecule has 4 rings (SSSR count). The Morgan fingerprint density at radius 2 is 1.67 bits per heavy atom. The van der Waals surface area contributed by atoms with E-state index in [-0.39, 0.29) is 23.0 Å². The van der Waals surface area contributed by atoms with Gasteiger partial charge < -0.3 is 14.5 Å². The number of amides is 1. The lowest BCUT2D eigenvalue weighted by Gasteiger charge is -2.37. The highest BCUT2D eigenvalue weighted by Crippen LogP contribution is 2.23. The second-order valence-corrected chi connectivity index (χ2v) is 10.5. The molecule has 3 aromatic rings. The molecule has 1 amide bonds. The number of carbonyl (C=O) groups excluding carboxylic acids is 1. The number of sulfonamides is 1. The summed E-state index contributed by atoms with van der Waals surface area (Å²) < 4.78 is 48.6. The van der Waals surface area contributed by atoms with Crippen LogP contribution in [0.15, 0.2) is 77.7 Å². The van der Waals surface area contributed by atoms with Crippen LogP contribution >= 0.6 is 0 Å². The number of ether oxygens (including phenoxy) is 1. The molecule has 1 aliphatic heterocycles. The molecule has 190 valence electrons. The van der Waals surface area contributed by atoms with Crippen molar-refractivity contribution in [1.29, 1.82) is 0 Å². The number of methoxy groups -OCH3 is 1. The molecule has 0 aromatic heterocycles. The predicted octanol–water partition coefficient (Wildman–Crippen LogP) is 3.38. The van der Waals surface area contributed by atoms with Crippen LogP contribution in [0.25, 0.3) is 0 Å². The van der Waals surface area contributed by atoms with E-state index in [2.05, 4.69) is 4.72 Å². The maximum atomic E-state index is 14.2. The third-order valence-corrected chi connectivity index (χ3v) is 7.81. The number of rotatable bonds is 8. The number of halogens is 1. The first-order valence-corrected chi connectivity index (χ1v) is 13.3. The summed E-state index contributed by atoms with van der Waals surface area (Å²) in [6.45, 7) is 3.40. The Balaban J connectivity index is 1.53. The zero-order chi connectivity index (χ0) is 25.7. The minimum Gasteiger partial charge on any atom is -0.496 e. The lowest BCUT2D eigenvalue weighted by molar-refractivity contribution is -0.133. The minimum absolute atomic E-state index is 0.0658. The van der Waals surface area contributed by atoms with Gasteiger partial charge in [0.1, 0.15) is 17.6 Å². The Hall–Kier alpha value is -3.43. The van der Waals surface area contributed by atoms with Crippen LogP contribution in [0.3, 0.4) is 0 Å². The van der Waals surface area contributed by atoms with Crippen molar-refractivity contribution in [2.45, 2.75) is 24.3 Å². The Morgan fingerprint density at radius 3 is 2.31 bits per heavy atom. The molecule has 0 bridgehead atoms. The molecular formula is C27H30FN3O4S. The van der Waals surface area contributed by atoms with E-state index in [4.69, 9.17) is 4.74 Å². The van der Waals surface area contributed by atoms with Crippen LogP contribution in [0.2, 0.25) is 0 Å². The molecule has 1 unspecified atom stereocenters. The third-order valence-electron chi connectivity index (χ3n) is 6.34. The number of carbonyl (C=O) groups is 1. The molecule has 9 heteroatoms. The molecular weight excluding hydrogens is 481 g/mol. The van der Waals surface area contributed by atoms with E-state index in [0.717, 1.165) is 5.56 Å². The van der Waals surface area contributed by atoms with Gasteiger partial charge in [0.2, 0.25) is 15.9 Å². The van der Waals surface area contributed by atoms with Crippen molar-refractivity contribution in [3.8, 4) is 5.75 Å². The Bertz CT molecular complexity index is 1310. The molecule has 0 spiro atoms. The van der Waals surface area contributed by atoms with E-state index in [1.807, 2.05) is 35.2 Å². The first-order chi connectivity index (χ1) is 17.3. The van der Waals surface area contributed by atoms with Gasteiger partial charge in [-0.3, -0.25) is 4.79 Å². The molecule has 36 heavy (non-hydrogen) atoms. The van der Waals surface area contributed by atoms with E-state index in [0.29, 0.717) is 43.2 Å². The van der Waals surface area contributed by atoms with E-state index in [1.165, 1.54) is 25.3 Å². The quantitative estimate of drug-likeness (QED) is 0.502. The van der Waals surface area contributed by atoms with E-state index >= 15 is 0 Å². The SMILES string of the molecule is COc1ccc(S(=O)(=O)NC(Cc2ccccc2)C(=O)N2CCN(c3ccccc3F)CC2)cc1C. The van der Waals surface area contributed by atoms with Gasteiger partial charge in [-0.25, -0.2) is 12.8 Å². The first-order valence-electron chi connectivity index (χ1n) is 11.8. The number of anilines is 1. The summed E-state index contributed by atoms with van der Waals surface area (Å²) in [4.78, 5) is 17.2. The van der Waals surface area contributed by atoms with Crippen molar-refractivity contribution in [1.82, 2.24) is 9.62 Å². The van der Waals surface area contributed by atoms with Gasteiger partial charge >= 0.3 is 0 Å². The summed E-state index contributed by atoms with van der Waals surface area (Å²) in [5.41, 5.74) is 2.02. The molecule has 1 saturated heterocycles. The Labute approximate surface area is 211 Å². The highest BCUT2D eigenvalue weighted by molar-refractivity contribution is 7.89. The standard InChI is InChI=1S/C27H30FN3O4S/c1-20-18-22(12-13-26(20)35-2)36(33,34)29-24(19-21-8-4-3-5-9-21)27(32)31-16-14-30(15-17-31)25-11-7-6-10-23(25)28/h3-13,18,24,29H,14-17,19H2,1-2H3. The van der Waals surface area contributed by atoms with Gasteiger partial charge in [-0.05, 0) is 54.8 Å². The predicted molar refractivity (Wildman–Crippen MR) is 137 cm³/mol. The van der Waals surface area contributed by atoms with Crippen LogP contribution < -0.4 is 14.4 Å². The molecule has 1 atom stereocenters. The van der Waals surface area contributed by atoms with E-state index in [9.17, 15) is 17.6 Å². The van der Waals surface area contributed by atoms with Gasteiger partial charge in [-0.15, -0.1) is 0 Å². The summed E-state index contributed by atoms with van der Waals surface area (Å²) in [6, 6.07) is 19.5. The van der Waals surface area contributed by atoms with E-state index < -0.39 is 16.1 Å². The molecule has 3 aromatic carbocycles. The minimum atomic E-state index is -3.98. The molecule has 0 aliphatic carbocycles. The number of benzene rings is 3. The van der Waals surface area contributed by atoms with Crippen molar-refractivity contribution in [3.63, 3.8) is 0 Å². The fraction of sp³-hybridized carbons (Fsp3) is 0.296. The molecule has 0 saturated carbocycles. The van der Waals surface area contributed by atoms with Gasteiger partial charge in [0.05, 0.1) is 17.7 Å². The number of hydrogen-bond acceptors (Lipinski definition) is 5. The van der Waals surface area contributed by atoms with Crippen LogP contribution in [-0.4, -0.2) is 58.6 Å². The fourth-order valence-electron chi connectivity index (χ4n) is 4.40. The fourth-order valence-corrected chi connectivity index (χ4v) is 5.67. The van der Waals surface area contributed by atoms with Gasteiger partial charge in [-0.1, -0.05) is 42.5 Å². The van der Waals surface area contributed by atoms with E-state index in [1.54, 1.807) is 36.1 Å². The highest BCUT2D eigenvalue weighted by Gasteiger charge is 2.32. The summed E-state index contributed by atoms with van der Waals surface area (Å²) in [6.07, 6.45) is 0.210.